The van der Waals surface area contributed by atoms with Gasteiger partial charge in [0.05, 0.1) is 21.1 Å². The maximum absolute atomic E-state index is 12.9. The van der Waals surface area contributed by atoms with Gasteiger partial charge in [-0.3, -0.25) is 19.3 Å². The second kappa shape index (κ2) is 11.4. The normalized spacial score (nSPS) is 14.2. The number of hydrogen-bond donors (Lipinski definition) is 1. The molecule has 1 saturated heterocycles. The van der Waals surface area contributed by atoms with Gasteiger partial charge >= 0.3 is 5.97 Å². The average Bonchev–Trinajstić information content (AvgIpc) is 3.13. The number of imide groups is 1. The number of carbonyl (C=O) groups excluding carboxylic acids is 4. The van der Waals surface area contributed by atoms with Gasteiger partial charge in [0.15, 0.2) is 11.5 Å². The molecule has 3 aromatic carbocycles. The van der Waals surface area contributed by atoms with Crippen LogP contribution in [0.1, 0.15) is 15.9 Å². The number of nitrogens with one attached hydrogen (secondary N) is 1. The molecule has 1 heterocycles. The van der Waals surface area contributed by atoms with Crippen molar-refractivity contribution in [3.63, 3.8) is 0 Å². The summed E-state index contributed by atoms with van der Waals surface area (Å²) < 4.78 is 11.5. The second-order valence-electron chi connectivity index (χ2n) is 7.47. The molecule has 10 heteroatoms. The highest BCUT2D eigenvalue weighted by atomic mass is 127. The fraction of sp³-hybridized carbons (Fsp3) is 0.0769. The number of hydrogen-bond acceptors (Lipinski definition) is 7. The number of nitrogens with zero attached hydrogens (tertiary/aromatic N) is 1. The third-order valence-electron chi connectivity index (χ3n) is 4.99. The number of rotatable bonds is 7. The Morgan fingerprint density at radius 3 is 2.36 bits per heavy atom. The molecule has 0 atom stereocenters. The van der Waals surface area contributed by atoms with Gasteiger partial charge in [0, 0.05) is 5.69 Å². The minimum Gasteiger partial charge on any atom is -0.493 e. The molecule has 0 radical (unpaired) electrons. The summed E-state index contributed by atoms with van der Waals surface area (Å²) >= 11 is 2.75. The Morgan fingerprint density at radius 1 is 1.03 bits per heavy atom. The number of esters is 1. The topological polar surface area (TPSA) is 102 Å². The monoisotopic (exact) mass is 614 g/mol. The molecule has 1 fully saturated rings. The van der Waals surface area contributed by atoms with Gasteiger partial charge in [-0.1, -0.05) is 36.4 Å². The van der Waals surface area contributed by atoms with Crippen LogP contribution in [0.25, 0.3) is 6.08 Å². The van der Waals surface area contributed by atoms with E-state index in [-0.39, 0.29) is 10.7 Å². The lowest BCUT2D eigenvalue weighted by Gasteiger charge is -2.13. The number of halogens is 1. The lowest BCUT2D eigenvalue weighted by atomic mass is 10.1. The third-order valence-corrected chi connectivity index (χ3v) is 6.70. The molecule has 0 saturated carbocycles. The Labute approximate surface area is 224 Å². The second-order valence-corrected chi connectivity index (χ2v) is 9.63. The number of ether oxygens (including phenoxy) is 2. The molecule has 0 spiro atoms. The summed E-state index contributed by atoms with van der Waals surface area (Å²) in [5.74, 6) is -1.05. The molecule has 3 amide bonds. The van der Waals surface area contributed by atoms with Crippen molar-refractivity contribution in [1.29, 1.82) is 0 Å². The van der Waals surface area contributed by atoms with Crippen LogP contribution < -0.4 is 14.8 Å². The lowest BCUT2D eigenvalue weighted by Crippen LogP contribution is -2.36. The molecule has 182 valence electrons. The Morgan fingerprint density at radius 2 is 1.69 bits per heavy atom. The summed E-state index contributed by atoms with van der Waals surface area (Å²) in [5.41, 5.74) is 1.53. The van der Waals surface area contributed by atoms with E-state index >= 15 is 0 Å². The van der Waals surface area contributed by atoms with Gasteiger partial charge in [-0.05, 0) is 82.4 Å². The van der Waals surface area contributed by atoms with Crippen molar-refractivity contribution in [3.05, 3.63) is 92.4 Å². The van der Waals surface area contributed by atoms with Gasteiger partial charge in [-0.25, -0.2) is 4.79 Å². The van der Waals surface area contributed by atoms with Gasteiger partial charge in [0.2, 0.25) is 5.91 Å². The Kier molecular flexibility index (Phi) is 8.06. The number of methoxy groups -OCH3 is 1. The standard InChI is InChI=1S/C26H19IN2O6S/c1-34-20-13-16(12-19(27)23(20)35-25(32)17-8-4-2-5-9-17)14-21-24(31)29(26(33)36-21)15-22(30)28-18-10-6-3-7-11-18/h2-14H,15H2,1H3,(H,28,30)/b21-14-. The molecule has 4 rings (SSSR count). The number of benzene rings is 3. The molecular weight excluding hydrogens is 595 g/mol. The van der Waals surface area contributed by atoms with Crippen molar-refractivity contribution in [2.24, 2.45) is 0 Å². The van der Waals surface area contributed by atoms with Crippen molar-refractivity contribution in [3.8, 4) is 11.5 Å². The van der Waals surface area contributed by atoms with Gasteiger partial charge in [-0.15, -0.1) is 0 Å². The largest absolute Gasteiger partial charge is 0.493 e. The molecule has 1 aliphatic heterocycles. The van der Waals surface area contributed by atoms with Crippen LogP contribution in [0.15, 0.2) is 77.7 Å². The van der Waals surface area contributed by atoms with Crippen LogP contribution in [-0.2, 0) is 9.59 Å². The maximum atomic E-state index is 12.9. The summed E-state index contributed by atoms with van der Waals surface area (Å²) in [6, 6.07) is 20.6. The van der Waals surface area contributed by atoms with E-state index in [0.717, 1.165) is 16.7 Å². The van der Waals surface area contributed by atoms with E-state index in [4.69, 9.17) is 9.47 Å². The summed E-state index contributed by atoms with van der Waals surface area (Å²) in [6.45, 7) is -0.397. The highest BCUT2D eigenvalue weighted by Gasteiger charge is 2.36. The average molecular weight is 614 g/mol. The summed E-state index contributed by atoms with van der Waals surface area (Å²) in [5, 5.41) is 2.12. The van der Waals surface area contributed by atoms with E-state index in [2.05, 4.69) is 5.32 Å². The Bertz CT molecular complexity index is 1360. The summed E-state index contributed by atoms with van der Waals surface area (Å²) in [7, 11) is 1.44. The van der Waals surface area contributed by atoms with E-state index in [1.54, 1.807) is 66.7 Å². The molecule has 0 aromatic heterocycles. The van der Waals surface area contributed by atoms with E-state index in [0.29, 0.717) is 26.1 Å². The lowest BCUT2D eigenvalue weighted by molar-refractivity contribution is -0.127. The SMILES string of the molecule is COc1cc(/C=C2\SC(=O)N(CC(=O)Nc3ccccc3)C2=O)cc(I)c1OC(=O)c1ccccc1. The molecule has 0 unspecified atom stereocenters. The van der Waals surface area contributed by atoms with Crippen molar-refractivity contribution in [2.45, 2.75) is 0 Å². The first-order valence-electron chi connectivity index (χ1n) is 10.6. The predicted octanol–water partition coefficient (Wildman–Crippen LogP) is 5.19. The maximum Gasteiger partial charge on any atom is 0.343 e. The minimum atomic E-state index is -0.568. The smallest absolute Gasteiger partial charge is 0.343 e. The summed E-state index contributed by atoms with van der Waals surface area (Å²) in [6.07, 6.45) is 1.54. The molecule has 0 aliphatic carbocycles. The number of carbonyl (C=O) groups is 4. The number of amides is 3. The summed E-state index contributed by atoms with van der Waals surface area (Å²) in [4.78, 5) is 51.2. The van der Waals surface area contributed by atoms with Crippen LogP contribution in [0.5, 0.6) is 11.5 Å². The van der Waals surface area contributed by atoms with Crippen molar-refractivity contribution < 1.29 is 28.7 Å². The van der Waals surface area contributed by atoms with Gasteiger partial charge in [0.25, 0.3) is 11.1 Å². The van der Waals surface area contributed by atoms with E-state index < -0.39 is 29.6 Å². The predicted molar refractivity (Wildman–Crippen MR) is 145 cm³/mol. The Balaban J connectivity index is 1.50. The molecule has 8 nitrogen and oxygen atoms in total. The quantitative estimate of drug-likeness (QED) is 0.169. The van der Waals surface area contributed by atoms with Crippen molar-refractivity contribution in [2.75, 3.05) is 19.0 Å². The van der Waals surface area contributed by atoms with Gasteiger partial charge in [-0.2, -0.15) is 0 Å². The molecule has 3 aromatic rings. The fourth-order valence-corrected chi connectivity index (χ4v) is 4.88. The fourth-order valence-electron chi connectivity index (χ4n) is 3.30. The molecule has 36 heavy (non-hydrogen) atoms. The van der Waals surface area contributed by atoms with Crippen LogP contribution in [0.3, 0.4) is 0 Å². The number of para-hydroxylation sites is 1. The van der Waals surface area contributed by atoms with Crippen molar-refractivity contribution >= 4 is 69.1 Å². The van der Waals surface area contributed by atoms with E-state index in [1.807, 2.05) is 28.7 Å². The zero-order chi connectivity index (χ0) is 25.7. The zero-order valence-corrected chi connectivity index (χ0v) is 21.9. The Hall–Kier alpha value is -3.64. The number of anilines is 1. The van der Waals surface area contributed by atoms with Crippen LogP contribution in [0, 0.1) is 3.57 Å². The van der Waals surface area contributed by atoms with Crippen LogP contribution >= 0.6 is 34.4 Å². The highest BCUT2D eigenvalue weighted by molar-refractivity contribution is 14.1. The minimum absolute atomic E-state index is 0.166. The van der Waals surface area contributed by atoms with Gasteiger partial charge in [0.1, 0.15) is 6.54 Å². The molecular formula is C26H19IN2O6S. The third kappa shape index (κ3) is 5.94. The van der Waals surface area contributed by atoms with Crippen LogP contribution in [0.2, 0.25) is 0 Å². The first kappa shape index (κ1) is 25.5. The molecule has 1 N–H and O–H groups in total. The van der Waals surface area contributed by atoms with E-state index in [1.165, 1.54) is 13.2 Å². The highest BCUT2D eigenvalue weighted by Crippen LogP contribution is 2.37. The zero-order valence-electron chi connectivity index (χ0n) is 18.9. The van der Waals surface area contributed by atoms with Gasteiger partial charge < -0.3 is 14.8 Å². The number of thioether (sulfide) groups is 1. The molecule has 1 aliphatic rings. The van der Waals surface area contributed by atoms with Crippen LogP contribution in [-0.4, -0.2) is 41.6 Å². The van der Waals surface area contributed by atoms with Crippen LogP contribution in [0.4, 0.5) is 10.5 Å². The first-order chi connectivity index (χ1) is 17.4. The first-order valence-corrected chi connectivity index (χ1v) is 12.5. The van der Waals surface area contributed by atoms with Crippen molar-refractivity contribution in [1.82, 2.24) is 4.90 Å². The molecule has 0 bridgehead atoms. The van der Waals surface area contributed by atoms with E-state index in [9.17, 15) is 19.2 Å².